The van der Waals surface area contributed by atoms with Gasteiger partial charge in [-0.05, 0) is 38.4 Å². The molecule has 0 saturated heterocycles. The lowest BCUT2D eigenvalue weighted by atomic mass is 10.2. The van der Waals surface area contributed by atoms with Gasteiger partial charge in [0.05, 0.1) is 0 Å². The number of hydrogen-bond acceptors (Lipinski definition) is 4. The van der Waals surface area contributed by atoms with Gasteiger partial charge in [-0.25, -0.2) is 0 Å². The average Bonchev–Trinajstić information content (AvgIpc) is 2.86. The highest BCUT2D eigenvalue weighted by Gasteiger charge is 2.16. The zero-order chi connectivity index (χ0) is 15.0. The van der Waals surface area contributed by atoms with E-state index in [1.807, 2.05) is 30.4 Å². The number of aryl methyl sites for hydroxylation is 1. The molecule has 5 nitrogen and oxygen atoms in total. The van der Waals surface area contributed by atoms with E-state index in [4.69, 9.17) is 5.11 Å². The first-order valence-electron chi connectivity index (χ1n) is 6.65. The second kappa shape index (κ2) is 8.71. The van der Waals surface area contributed by atoms with Gasteiger partial charge in [0.2, 0.25) is 5.91 Å². The molecule has 20 heavy (non-hydrogen) atoms. The van der Waals surface area contributed by atoms with Crippen LogP contribution in [0, 0.1) is 0 Å². The number of nitrogens with zero attached hydrogens (tertiary/aromatic N) is 2. The summed E-state index contributed by atoms with van der Waals surface area (Å²) >= 11 is 1.68. The fourth-order valence-electron chi connectivity index (χ4n) is 1.80. The fraction of sp³-hybridized carbons (Fsp3) is 0.571. The zero-order valence-electron chi connectivity index (χ0n) is 12.0. The van der Waals surface area contributed by atoms with E-state index in [1.165, 1.54) is 9.78 Å². The second-order valence-electron chi connectivity index (χ2n) is 4.95. The summed E-state index contributed by atoms with van der Waals surface area (Å²) in [6.45, 7) is 0.909. The van der Waals surface area contributed by atoms with Gasteiger partial charge in [0, 0.05) is 24.4 Å². The number of hydrogen-bond donors (Lipinski definition) is 1. The van der Waals surface area contributed by atoms with E-state index >= 15 is 0 Å². The summed E-state index contributed by atoms with van der Waals surface area (Å²) < 4.78 is 0. The first kappa shape index (κ1) is 16.7. The third-order valence-corrected chi connectivity index (χ3v) is 3.83. The third kappa shape index (κ3) is 6.68. The molecule has 1 aromatic rings. The number of aliphatic carboxylic acids is 1. The number of amides is 1. The summed E-state index contributed by atoms with van der Waals surface area (Å²) in [5.74, 6) is -1.04. The van der Waals surface area contributed by atoms with Crippen LogP contribution < -0.4 is 0 Å². The highest BCUT2D eigenvalue weighted by atomic mass is 32.1. The molecule has 6 heteroatoms. The molecule has 0 radical (unpaired) electrons. The molecule has 0 fully saturated rings. The minimum absolute atomic E-state index is 0.0780. The van der Waals surface area contributed by atoms with E-state index < -0.39 is 5.97 Å². The molecule has 0 unspecified atom stereocenters. The van der Waals surface area contributed by atoms with Crippen LogP contribution in [0.4, 0.5) is 0 Å². The van der Waals surface area contributed by atoms with Crippen LogP contribution in [0.2, 0.25) is 0 Å². The molecule has 1 amide bonds. The SMILES string of the molecule is CN(C)CCN(CC(=O)O)C(=O)CCCc1cccs1. The van der Waals surface area contributed by atoms with E-state index in [9.17, 15) is 9.59 Å². The predicted molar refractivity (Wildman–Crippen MR) is 80.0 cm³/mol. The van der Waals surface area contributed by atoms with Gasteiger partial charge in [0.15, 0.2) is 0 Å². The van der Waals surface area contributed by atoms with E-state index in [2.05, 4.69) is 6.07 Å². The van der Waals surface area contributed by atoms with Crippen molar-refractivity contribution < 1.29 is 14.7 Å². The molecule has 0 aliphatic rings. The Morgan fingerprint density at radius 2 is 2.05 bits per heavy atom. The second-order valence-corrected chi connectivity index (χ2v) is 5.98. The lowest BCUT2D eigenvalue weighted by Crippen LogP contribution is -2.39. The smallest absolute Gasteiger partial charge is 0.323 e. The summed E-state index contributed by atoms with van der Waals surface area (Å²) in [5.41, 5.74) is 0. The largest absolute Gasteiger partial charge is 0.480 e. The van der Waals surface area contributed by atoms with Gasteiger partial charge in [-0.2, -0.15) is 0 Å². The quantitative estimate of drug-likeness (QED) is 0.751. The van der Waals surface area contributed by atoms with Crippen molar-refractivity contribution in [3.8, 4) is 0 Å². The van der Waals surface area contributed by atoms with Crippen LogP contribution in [0.15, 0.2) is 17.5 Å². The Labute approximate surface area is 123 Å². The zero-order valence-corrected chi connectivity index (χ0v) is 12.9. The van der Waals surface area contributed by atoms with Crippen LogP contribution in [0.25, 0.3) is 0 Å². The molecule has 0 aliphatic carbocycles. The van der Waals surface area contributed by atoms with Gasteiger partial charge >= 0.3 is 5.97 Å². The number of carbonyl (C=O) groups is 2. The fourth-order valence-corrected chi connectivity index (χ4v) is 2.55. The Hall–Kier alpha value is -1.40. The van der Waals surface area contributed by atoms with E-state index in [-0.39, 0.29) is 12.5 Å². The first-order chi connectivity index (χ1) is 9.49. The highest BCUT2D eigenvalue weighted by molar-refractivity contribution is 7.09. The van der Waals surface area contributed by atoms with Crippen LogP contribution in [-0.4, -0.2) is 60.5 Å². The van der Waals surface area contributed by atoms with Crippen LogP contribution >= 0.6 is 11.3 Å². The molecule has 112 valence electrons. The van der Waals surface area contributed by atoms with Gasteiger partial charge in [-0.1, -0.05) is 6.07 Å². The van der Waals surface area contributed by atoms with Crippen LogP contribution in [-0.2, 0) is 16.0 Å². The molecular weight excluding hydrogens is 276 g/mol. The molecule has 0 aromatic carbocycles. The molecule has 1 aromatic heterocycles. The van der Waals surface area contributed by atoms with E-state index in [1.54, 1.807) is 11.3 Å². The Kier molecular flexibility index (Phi) is 7.25. The van der Waals surface area contributed by atoms with Crippen LogP contribution in [0.5, 0.6) is 0 Å². The van der Waals surface area contributed by atoms with Gasteiger partial charge in [-0.3, -0.25) is 9.59 Å². The molecule has 0 bridgehead atoms. The van der Waals surface area contributed by atoms with Crippen molar-refractivity contribution in [3.05, 3.63) is 22.4 Å². The maximum Gasteiger partial charge on any atom is 0.323 e. The molecule has 1 N–H and O–H groups in total. The lowest BCUT2D eigenvalue weighted by molar-refractivity contribution is -0.144. The average molecular weight is 298 g/mol. The van der Waals surface area contributed by atoms with Crippen LogP contribution in [0.3, 0.4) is 0 Å². The van der Waals surface area contributed by atoms with Crippen LogP contribution in [0.1, 0.15) is 17.7 Å². The normalized spacial score (nSPS) is 10.8. The van der Waals surface area contributed by atoms with Crippen molar-refractivity contribution in [2.75, 3.05) is 33.7 Å². The van der Waals surface area contributed by atoms with Gasteiger partial charge in [0.1, 0.15) is 6.54 Å². The Balaban J connectivity index is 2.38. The standard InChI is InChI=1S/C14H22N2O3S/c1-15(2)8-9-16(11-14(18)19)13(17)7-3-5-12-6-4-10-20-12/h4,6,10H,3,5,7-9,11H2,1-2H3,(H,18,19). The number of carboxylic acids is 1. The maximum atomic E-state index is 12.1. The summed E-state index contributed by atoms with van der Waals surface area (Å²) in [6.07, 6.45) is 2.04. The molecule has 0 atom stereocenters. The number of carboxylic acid groups (broad SMARTS) is 1. The number of thiophene rings is 1. The number of likely N-dealkylation sites (N-methyl/N-ethyl adjacent to an activating group) is 1. The molecule has 0 saturated carbocycles. The molecular formula is C14H22N2O3S. The highest BCUT2D eigenvalue weighted by Crippen LogP contribution is 2.12. The molecule has 0 spiro atoms. The first-order valence-corrected chi connectivity index (χ1v) is 7.53. The number of carbonyl (C=O) groups excluding carboxylic acids is 1. The van der Waals surface area contributed by atoms with E-state index in [0.717, 1.165) is 12.8 Å². The van der Waals surface area contributed by atoms with Crippen molar-refractivity contribution in [3.63, 3.8) is 0 Å². The Bertz CT molecular complexity index is 418. The molecule has 0 aliphatic heterocycles. The van der Waals surface area contributed by atoms with E-state index in [0.29, 0.717) is 19.5 Å². The topological polar surface area (TPSA) is 60.9 Å². The van der Waals surface area contributed by atoms with Crippen molar-refractivity contribution in [1.29, 1.82) is 0 Å². The minimum Gasteiger partial charge on any atom is -0.480 e. The summed E-state index contributed by atoms with van der Waals surface area (Å²) in [4.78, 5) is 27.5. The van der Waals surface area contributed by atoms with Crippen molar-refractivity contribution in [2.45, 2.75) is 19.3 Å². The van der Waals surface area contributed by atoms with Gasteiger partial charge < -0.3 is 14.9 Å². The lowest BCUT2D eigenvalue weighted by Gasteiger charge is -2.22. The maximum absolute atomic E-state index is 12.1. The van der Waals surface area contributed by atoms with Gasteiger partial charge in [0.25, 0.3) is 0 Å². The third-order valence-electron chi connectivity index (χ3n) is 2.89. The minimum atomic E-state index is -0.963. The van der Waals surface area contributed by atoms with Gasteiger partial charge in [-0.15, -0.1) is 11.3 Å². The number of rotatable bonds is 9. The van der Waals surface area contributed by atoms with Crippen molar-refractivity contribution in [2.24, 2.45) is 0 Å². The Morgan fingerprint density at radius 1 is 1.30 bits per heavy atom. The summed E-state index contributed by atoms with van der Waals surface area (Å²) in [6, 6.07) is 4.05. The summed E-state index contributed by atoms with van der Waals surface area (Å²) in [7, 11) is 3.81. The van der Waals surface area contributed by atoms with Crippen molar-refractivity contribution >= 4 is 23.2 Å². The Morgan fingerprint density at radius 3 is 2.60 bits per heavy atom. The predicted octanol–water partition coefficient (Wildman–Crippen LogP) is 1.55. The van der Waals surface area contributed by atoms with Crippen molar-refractivity contribution in [1.82, 2.24) is 9.80 Å². The summed E-state index contributed by atoms with van der Waals surface area (Å²) in [5, 5.41) is 10.9. The molecule has 1 rings (SSSR count). The molecule has 1 heterocycles. The monoisotopic (exact) mass is 298 g/mol.